The molecule has 3 aromatic rings. The van der Waals surface area contributed by atoms with Crippen molar-refractivity contribution in [3.05, 3.63) is 42.9 Å². The van der Waals surface area contributed by atoms with E-state index in [9.17, 15) is 0 Å². The molecule has 108 valence electrons. The third kappa shape index (κ3) is 2.60. The van der Waals surface area contributed by atoms with E-state index in [1.54, 1.807) is 6.20 Å². The number of nitrogens with one attached hydrogen (secondary N) is 1. The topological polar surface area (TPSA) is 54.7 Å². The van der Waals surface area contributed by atoms with Crippen molar-refractivity contribution in [2.75, 3.05) is 31.4 Å². The van der Waals surface area contributed by atoms with Gasteiger partial charge < -0.3 is 15.0 Å². The number of nitrogens with zero attached hydrogens (tertiary/aromatic N) is 4. The Balaban J connectivity index is 2.01. The predicted octanol–water partition coefficient (Wildman–Crippen LogP) is 2.63. The van der Waals surface area contributed by atoms with Crippen LogP contribution in [0.25, 0.3) is 5.65 Å². The van der Waals surface area contributed by atoms with Gasteiger partial charge in [0, 0.05) is 45.3 Å². The number of imidazole rings is 1. The maximum Gasteiger partial charge on any atom is 0.265 e. The molecular formula is C15H17N5O. The van der Waals surface area contributed by atoms with Gasteiger partial charge in [-0.3, -0.25) is 4.40 Å². The SMILES string of the molecule is CNc1cn2ccnc2c(Oc2cccc(N(C)C)c2)n1. The molecule has 0 aliphatic heterocycles. The molecule has 2 aromatic heterocycles. The van der Waals surface area contributed by atoms with Gasteiger partial charge in [0.1, 0.15) is 11.6 Å². The van der Waals surface area contributed by atoms with Gasteiger partial charge in [0.05, 0.1) is 6.20 Å². The van der Waals surface area contributed by atoms with Crippen molar-refractivity contribution in [2.45, 2.75) is 0 Å². The van der Waals surface area contributed by atoms with Crippen LogP contribution in [0.5, 0.6) is 11.6 Å². The first kappa shape index (κ1) is 13.2. The summed E-state index contributed by atoms with van der Waals surface area (Å²) in [6.07, 6.45) is 5.45. The second-order valence-electron chi connectivity index (χ2n) is 4.83. The van der Waals surface area contributed by atoms with Gasteiger partial charge in [-0.2, -0.15) is 4.98 Å². The van der Waals surface area contributed by atoms with Crippen molar-refractivity contribution in [2.24, 2.45) is 0 Å². The number of hydrogen-bond acceptors (Lipinski definition) is 5. The highest BCUT2D eigenvalue weighted by Crippen LogP contribution is 2.27. The van der Waals surface area contributed by atoms with Crippen molar-refractivity contribution in [3.63, 3.8) is 0 Å². The van der Waals surface area contributed by atoms with Crippen LogP contribution in [0.4, 0.5) is 11.5 Å². The summed E-state index contributed by atoms with van der Waals surface area (Å²) < 4.78 is 7.80. The predicted molar refractivity (Wildman–Crippen MR) is 83.4 cm³/mol. The molecule has 21 heavy (non-hydrogen) atoms. The molecular weight excluding hydrogens is 266 g/mol. The second kappa shape index (κ2) is 5.32. The third-order valence-electron chi connectivity index (χ3n) is 3.15. The van der Waals surface area contributed by atoms with Crippen LogP contribution in [0.3, 0.4) is 0 Å². The molecule has 2 heterocycles. The molecule has 0 fully saturated rings. The molecule has 0 bridgehead atoms. The minimum atomic E-state index is 0.475. The molecule has 1 N–H and O–H groups in total. The summed E-state index contributed by atoms with van der Waals surface area (Å²) in [4.78, 5) is 10.7. The maximum absolute atomic E-state index is 5.92. The Morgan fingerprint density at radius 3 is 2.90 bits per heavy atom. The molecule has 0 aliphatic carbocycles. The average molecular weight is 283 g/mol. The Labute approximate surface area is 123 Å². The van der Waals surface area contributed by atoms with Crippen molar-refractivity contribution < 1.29 is 4.74 Å². The van der Waals surface area contributed by atoms with Crippen molar-refractivity contribution in [3.8, 4) is 11.6 Å². The number of anilines is 2. The molecule has 6 nitrogen and oxygen atoms in total. The van der Waals surface area contributed by atoms with Crippen molar-refractivity contribution >= 4 is 17.2 Å². The van der Waals surface area contributed by atoms with Crippen LogP contribution in [-0.2, 0) is 0 Å². The van der Waals surface area contributed by atoms with Crippen LogP contribution in [-0.4, -0.2) is 35.5 Å². The Morgan fingerprint density at radius 1 is 1.29 bits per heavy atom. The number of hydrogen-bond donors (Lipinski definition) is 1. The fraction of sp³-hybridized carbons (Fsp3) is 0.200. The molecule has 0 aliphatic rings. The molecule has 1 aromatic carbocycles. The smallest absolute Gasteiger partial charge is 0.265 e. The van der Waals surface area contributed by atoms with Gasteiger partial charge in [0.25, 0.3) is 5.88 Å². The van der Waals surface area contributed by atoms with Crippen LogP contribution in [0.15, 0.2) is 42.9 Å². The highest BCUT2D eigenvalue weighted by Gasteiger charge is 2.10. The fourth-order valence-electron chi connectivity index (χ4n) is 2.03. The first-order valence-corrected chi connectivity index (χ1v) is 6.64. The van der Waals surface area contributed by atoms with Gasteiger partial charge in [-0.05, 0) is 12.1 Å². The molecule has 0 radical (unpaired) electrons. The van der Waals surface area contributed by atoms with Gasteiger partial charge in [-0.15, -0.1) is 0 Å². The van der Waals surface area contributed by atoms with Crippen LogP contribution in [0, 0.1) is 0 Å². The zero-order valence-corrected chi connectivity index (χ0v) is 12.2. The molecule has 0 saturated carbocycles. The Hall–Kier alpha value is -2.76. The summed E-state index contributed by atoms with van der Waals surface area (Å²) in [6, 6.07) is 7.85. The number of aromatic nitrogens is 3. The van der Waals surface area contributed by atoms with E-state index in [0.29, 0.717) is 11.5 Å². The summed E-state index contributed by atoms with van der Waals surface area (Å²) >= 11 is 0. The monoisotopic (exact) mass is 283 g/mol. The van der Waals surface area contributed by atoms with Gasteiger partial charge in [-0.25, -0.2) is 4.98 Å². The Bertz CT molecular complexity index is 766. The third-order valence-corrected chi connectivity index (χ3v) is 3.15. The van der Waals surface area contributed by atoms with Crippen LogP contribution in [0.2, 0.25) is 0 Å². The molecule has 0 atom stereocenters. The lowest BCUT2D eigenvalue weighted by Gasteiger charge is -2.14. The normalized spacial score (nSPS) is 10.6. The molecule has 0 spiro atoms. The van der Waals surface area contributed by atoms with E-state index in [0.717, 1.165) is 17.3 Å². The van der Waals surface area contributed by atoms with Gasteiger partial charge in [-0.1, -0.05) is 6.07 Å². The zero-order chi connectivity index (χ0) is 14.8. The number of ether oxygens (including phenoxy) is 1. The molecule has 0 saturated heterocycles. The van der Waals surface area contributed by atoms with Crippen LogP contribution >= 0.6 is 0 Å². The summed E-state index contributed by atoms with van der Waals surface area (Å²) in [5, 5.41) is 3.02. The van der Waals surface area contributed by atoms with E-state index >= 15 is 0 Å². The standard InChI is InChI=1S/C15H17N5O/c1-16-13-10-20-8-7-17-14(20)15(18-13)21-12-6-4-5-11(9-12)19(2)3/h4-10,16H,1-3H3. The van der Waals surface area contributed by atoms with E-state index in [1.807, 2.05) is 67.1 Å². The molecule has 6 heteroatoms. The number of fused-ring (bicyclic) bond motifs is 1. The van der Waals surface area contributed by atoms with Crippen LogP contribution < -0.4 is 15.0 Å². The first-order chi connectivity index (χ1) is 10.2. The number of rotatable bonds is 4. The van der Waals surface area contributed by atoms with Crippen molar-refractivity contribution in [1.29, 1.82) is 0 Å². The molecule has 3 rings (SSSR count). The van der Waals surface area contributed by atoms with E-state index in [1.165, 1.54) is 0 Å². The first-order valence-electron chi connectivity index (χ1n) is 6.64. The lowest BCUT2D eigenvalue weighted by Crippen LogP contribution is -2.08. The Morgan fingerprint density at radius 2 is 2.14 bits per heavy atom. The van der Waals surface area contributed by atoms with Crippen molar-refractivity contribution in [1.82, 2.24) is 14.4 Å². The van der Waals surface area contributed by atoms with Gasteiger partial charge in [0.2, 0.25) is 5.65 Å². The summed E-state index contributed by atoms with van der Waals surface area (Å²) in [7, 11) is 5.80. The van der Waals surface area contributed by atoms with E-state index in [-0.39, 0.29) is 0 Å². The molecule has 0 amide bonds. The summed E-state index contributed by atoms with van der Waals surface area (Å²) in [5.74, 6) is 1.92. The van der Waals surface area contributed by atoms with Crippen LogP contribution in [0.1, 0.15) is 0 Å². The highest BCUT2D eigenvalue weighted by atomic mass is 16.5. The minimum absolute atomic E-state index is 0.475. The zero-order valence-electron chi connectivity index (χ0n) is 12.2. The summed E-state index contributed by atoms with van der Waals surface area (Å²) in [5.41, 5.74) is 1.75. The fourth-order valence-corrected chi connectivity index (χ4v) is 2.03. The van der Waals surface area contributed by atoms with E-state index in [4.69, 9.17) is 4.74 Å². The van der Waals surface area contributed by atoms with E-state index < -0.39 is 0 Å². The quantitative estimate of drug-likeness (QED) is 0.797. The largest absolute Gasteiger partial charge is 0.436 e. The summed E-state index contributed by atoms with van der Waals surface area (Å²) in [6.45, 7) is 0. The Kier molecular flexibility index (Phi) is 3.35. The van der Waals surface area contributed by atoms with Gasteiger partial charge >= 0.3 is 0 Å². The highest BCUT2D eigenvalue weighted by molar-refractivity contribution is 5.56. The lowest BCUT2D eigenvalue weighted by atomic mass is 10.3. The minimum Gasteiger partial charge on any atom is -0.436 e. The molecule has 0 unspecified atom stereocenters. The van der Waals surface area contributed by atoms with Gasteiger partial charge in [0.15, 0.2) is 0 Å². The average Bonchev–Trinajstić information content (AvgIpc) is 2.96. The maximum atomic E-state index is 5.92. The lowest BCUT2D eigenvalue weighted by molar-refractivity contribution is 0.466. The number of benzene rings is 1. The second-order valence-corrected chi connectivity index (χ2v) is 4.83. The van der Waals surface area contributed by atoms with E-state index in [2.05, 4.69) is 15.3 Å².